The molecule has 0 unspecified atom stereocenters. The molecule has 0 N–H and O–H groups in total. The van der Waals surface area contributed by atoms with Crippen molar-refractivity contribution < 1.29 is 14.0 Å². The average Bonchev–Trinajstić information content (AvgIpc) is 3.30. The molecule has 0 aromatic heterocycles. The minimum Gasteiger partial charge on any atom is -0.543 e. The van der Waals surface area contributed by atoms with Gasteiger partial charge >= 0.3 is 5.97 Å². The van der Waals surface area contributed by atoms with Crippen molar-refractivity contribution in [2.45, 2.75) is 64.6 Å². The van der Waals surface area contributed by atoms with Gasteiger partial charge in [-0.3, -0.25) is 4.79 Å². The van der Waals surface area contributed by atoms with Crippen LogP contribution in [0.15, 0.2) is 24.3 Å². The first-order valence-corrected chi connectivity index (χ1v) is 11.8. The van der Waals surface area contributed by atoms with Crippen LogP contribution in [-0.2, 0) is 9.53 Å². The molecule has 3 nitrogen and oxygen atoms in total. The Kier molecular flexibility index (Phi) is 5.48. The third kappa shape index (κ3) is 4.21. The lowest BCUT2D eigenvalue weighted by Crippen LogP contribution is -2.43. The van der Waals surface area contributed by atoms with E-state index in [2.05, 4.69) is 52.1 Å². The zero-order valence-electron chi connectivity index (χ0n) is 16.2. The number of carbonyl (C=O) groups is 1. The van der Waals surface area contributed by atoms with Gasteiger partial charge in [-0.2, -0.15) is 0 Å². The summed E-state index contributed by atoms with van der Waals surface area (Å²) >= 11 is 0. The van der Waals surface area contributed by atoms with E-state index in [0.29, 0.717) is 5.92 Å². The second kappa shape index (κ2) is 6.91. The Bertz CT molecular complexity index is 585. The summed E-state index contributed by atoms with van der Waals surface area (Å²) in [5.74, 6) is 1.50. The minimum absolute atomic E-state index is 0.120. The van der Waals surface area contributed by atoms with E-state index in [1.54, 1.807) is 0 Å². The van der Waals surface area contributed by atoms with E-state index < -0.39 is 8.32 Å². The molecule has 24 heavy (non-hydrogen) atoms. The first-order valence-electron chi connectivity index (χ1n) is 8.93. The van der Waals surface area contributed by atoms with Crippen LogP contribution in [0.5, 0.6) is 5.75 Å². The standard InChI is InChI=1S/C20H32O3Si/c1-14(19(21)22-5)18(15-11-12-15)16-9-8-10-17(13-16)23-24(6,7)20(2,3)4/h8-10,13-15,18H,11-12H2,1-7H3/t14-,18+/m1/s1. The Labute approximate surface area is 147 Å². The number of benzene rings is 1. The molecule has 1 aromatic rings. The average molecular weight is 349 g/mol. The van der Waals surface area contributed by atoms with E-state index in [9.17, 15) is 4.79 Å². The third-order valence-electron chi connectivity index (χ3n) is 5.66. The highest BCUT2D eigenvalue weighted by molar-refractivity contribution is 6.74. The van der Waals surface area contributed by atoms with Crippen LogP contribution in [0.2, 0.25) is 18.1 Å². The predicted octanol–water partition coefficient (Wildman–Crippen LogP) is 5.37. The van der Waals surface area contributed by atoms with Gasteiger partial charge in [-0.05, 0) is 60.5 Å². The van der Waals surface area contributed by atoms with E-state index >= 15 is 0 Å². The molecule has 2 rings (SSSR count). The lowest BCUT2D eigenvalue weighted by atomic mass is 9.83. The zero-order valence-corrected chi connectivity index (χ0v) is 17.2. The van der Waals surface area contributed by atoms with Gasteiger partial charge in [0, 0.05) is 0 Å². The van der Waals surface area contributed by atoms with Crippen LogP contribution in [0.25, 0.3) is 0 Å². The van der Waals surface area contributed by atoms with E-state index in [1.165, 1.54) is 25.5 Å². The number of rotatable bonds is 6. The van der Waals surface area contributed by atoms with E-state index in [4.69, 9.17) is 9.16 Å². The van der Waals surface area contributed by atoms with Crippen molar-refractivity contribution in [1.82, 2.24) is 0 Å². The van der Waals surface area contributed by atoms with Crippen molar-refractivity contribution in [1.29, 1.82) is 0 Å². The Hall–Kier alpha value is -1.29. The normalized spacial score (nSPS) is 18.0. The van der Waals surface area contributed by atoms with Gasteiger partial charge in [-0.25, -0.2) is 0 Å². The maximum Gasteiger partial charge on any atom is 0.309 e. The molecule has 0 radical (unpaired) electrons. The number of hydrogen-bond donors (Lipinski definition) is 0. The quantitative estimate of drug-likeness (QED) is 0.512. The maximum absolute atomic E-state index is 12.1. The van der Waals surface area contributed by atoms with Gasteiger partial charge in [0.1, 0.15) is 5.75 Å². The molecular weight excluding hydrogens is 316 g/mol. The van der Waals surface area contributed by atoms with Crippen molar-refractivity contribution in [2.24, 2.45) is 11.8 Å². The molecule has 0 saturated heterocycles. The minimum atomic E-state index is -1.86. The van der Waals surface area contributed by atoms with Crippen LogP contribution in [0.3, 0.4) is 0 Å². The van der Waals surface area contributed by atoms with Crippen molar-refractivity contribution in [3.8, 4) is 5.75 Å². The van der Waals surface area contributed by atoms with Crippen molar-refractivity contribution in [3.63, 3.8) is 0 Å². The molecule has 1 aromatic carbocycles. The summed E-state index contributed by atoms with van der Waals surface area (Å²) in [6, 6.07) is 8.36. The molecule has 0 heterocycles. The molecular formula is C20H32O3Si. The van der Waals surface area contributed by atoms with Crippen LogP contribution in [0.1, 0.15) is 52.0 Å². The summed E-state index contributed by atoms with van der Waals surface area (Å²) in [4.78, 5) is 12.1. The number of esters is 1. The third-order valence-corrected chi connectivity index (χ3v) is 10.0. The van der Waals surface area contributed by atoms with Crippen LogP contribution in [0, 0.1) is 11.8 Å². The van der Waals surface area contributed by atoms with Crippen LogP contribution >= 0.6 is 0 Å². The van der Waals surface area contributed by atoms with Gasteiger partial charge in [0.05, 0.1) is 13.0 Å². The molecule has 0 spiro atoms. The Morgan fingerprint density at radius 2 is 1.88 bits per heavy atom. The van der Waals surface area contributed by atoms with Gasteiger partial charge in [0.2, 0.25) is 8.32 Å². The van der Waals surface area contributed by atoms with Crippen LogP contribution < -0.4 is 4.43 Å². The predicted molar refractivity (Wildman–Crippen MR) is 101 cm³/mol. The topological polar surface area (TPSA) is 35.5 Å². The van der Waals surface area contributed by atoms with Crippen LogP contribution in [-0.4, -0.2) is 21.4 Å². The number of methoxy groups -OCH3 is 1. The highest BCUT2D eigenvalue weighted by Crippen LogP contribution is 2.47. The first kappa shape index (κ1) is 19.0. The van der Waals surface area contributed by atoms with E-state index in [-0.39, 0.29) is 22.8 Å². The van der Waals surface area contributed by atoms with Gasteiger partial charge in [-0.1, -0.05) is 39.8 Å². The highest BCUT2D eigenvalue weighted by atomic mass is 28.4. The zero-order chi connectivity index (χ0) is 18.1. The summed E-state index contributed by atoms with van der Waals surface area (Å²) in [6.07, 6.45) is 2.39. The van der Waals surface area contributed by atoms with E-state index in [1.807, 2.05) is 13.0 Å². The molecule has 0 bridgehead atoms. The SMILES string of the molecule is COC(=O)[C@H](C)[C@H](c1cccc(O[Si](C)(C)C(C)(C)C)c1)C1CC1. The van der Waals surface area contributed by atoms with Gasteiger partial charge < -0.3 is 9.16 Å². The summed E-state index contributed by atoms with van der Waals surface area (Å²) in [5, 5.41) is 0.165. The summed E-state index contributed by atoms with van der Waals surface area (Å²) in [6.45, 7) is 13.2. The fraction of sp³-hybridized carbons (Fsp3) is 0.650. The molecule has 1 saturated carbocycles. The number of ether oxygens (including phenoxy) is 1. The van der Waals surface area contributed by atoms with E-state index in [0.717, 1.165) is 5.75 Å². The Morgan fingerprint density at radius 1 is 1.25 bits per heavy atom. The second-order valence-corrected chi connectivity index (χ2v) is 13.3. The molecule has 1 aliphatic rings. The Balaban J connectivity index is 2.26. The molecule has 0 aliphatic heterocycles. The smallest absolute Gasteiger partial charge is 0.309 e. The lowest BCUT2D eigenvalue weighted by molar-refractivity contribution is -0.145. The molecule has 4 heteroatoms. The Morgan fingerprint density at radius 3 is 2.38 bits per heavy atom. The molecule has 1 aliphatic carbocycles. The second-order valence-electron chi connectivity index (χ2n) is 8.61. The number of hydrogen-bond acceptors (Lipinski definition) is 3. The van der Waals surface area contributed by atoms with Gasteiger partial charge in [0.25, 0.3) is 0 Å². The summed E-state index contributed by atoms with van der Waals surface area (Å²) in [7, 11) is -0.391. The lowest BCUT2D eigenvalue weighted by Gasteiger charge is -2.36. The largest absolute Gasteiger partial charge is 0.543 e. The van der Waals surface area contributed by atoms with Crippen LogP contribution in [0.4, 0.5) is 0 Å². The molecule has 0 amide bonds. The fourth-order valence-electron chi connectivity index (χ4n) is 2.99. The first-order chi connectivity index (χ1) is 11.1. The van der Waals surface area contributed by atoms with Crippen molar-refractivity contribution in [2.75, 3.05) is 7.11 Å². The molecule has 2 atom stereocenters. The molecule has 1 fully saturated rings. The van der Waals surface area contributed by atoms with Crippen molar-refractivity contribution in [3.05, 3.63) is 29.8 Å². The van der Waals surface area contributed by atoms with Gasteiger partial charge in [0.15, 0.2) is 0 Å². The van der Waals surface area contributed by atoms with Gasteiger partial charge in [-0.15, -0.1) is 0 Å². The number of carbonyl (C=O) groups excluding carboxylic acids is 1. The highest BCUT2D eigenvalue weighted by Gasteiger charge is 2.41. The fourth-order valence-corrected chi connectivity index (χ4v) is 4.01. The maximum atomic E-state index is 12.1. The van der Waals surface area contributed by atoms with Crippen molar-refractivity contribution >= 4 is 14.3 Å². The summed E-state index contributed by atoms with van der Waals surface area (Å²) < 4.78 is 11.4. The summed E-state index contributed by atoms with van der Waals surface area (Å²) in [5.41, 5.74) is 1.20. The molecule has 134 valence electrons. The monoisotopic (exact) mass is 348 g/mol.